The van der Waals surface area contributed by atoms with Crippen molar-refractivity contribution in [2.75, 3.05) is 13.2 Å². The van der Waals surface area contributed by atoms with Gasteiger partial charge in [0.1, 0.15) is 12.3 Å². The molecule has 0 bridgehead atoms. The fourth-order valence-corrected chi connectivity index (χ4v) is 2.88. The van der Waals surface area contributed by atoms with E-state index in [-0.39, 0.29) is 25.2 Å². The van der Waals surface area contributed by atoms with Gasteiger partial charge in [-0.05, 0) is 5.56 Å². The summed E-state index contributed by atoms with van der Waals surface area (Å²) in [6, 6.07) is 9.74. The molecule has 3 rings (SSSR count). The molecule has 1 aromatic heterocycles. The number of ether oxygens (including phenoxy) is 2. The molecule has 0 saturated carbocycles. The summed E-state index contributed by atoms with van der Waals surface area (Å²) in [5.74, 6) is 0. The number of rotatable bonds is 7. The number of aliphatic hydroxyl groups is 2. The highest BCUT2D eigenvalue weighted by molar-refractivity contribution is 5.48. The van der Waals surface area contributed by atoms with E-state index in [0.717, 1.165) is 5.56 Å². The fourth-order valence-electron chi connectivity index (χ4n) is 2.88. The summed E-state index contributed by atoms with van der Waals surface area (Å²) in [4.78, 5) is 26.3. The molecule has 2 aromatic rings. The van der Waals surface area contributed by atoms with Crippen molar-refractivity contribution in [1.29, 1.82) is 0 Å². The summed E-state index contributed by atoms with van der Waals surface area (Å²) in [6.07, 6.45) is 2.89. The molecule has 8 heteroatoms. The van der Waals surface area contributed by atoms with Gasteiger partial charge in [-0.3, -0.25) is 14.3 Å². The number of hydrogen-bond acceptors (Lipinski definition) is 6. The smallest absolute Gasteiger partial charge is 0.330 e. The number of nitrogens with zero attached hydrogens (tertiary/aromatic N) is 1. The molecule has 1 unspecified atom stereocenters. The van der Waals surface area contributed by atoms with Crippen LogP contribution in [0.3, 0.4) is 0 Å². The molecule has 27 heavy (non-hydrogen) atoms. The summed E-state index contributed by atoms with van der Waals surface area (Å²) in [6.45, 7) is -0.0222. The van der Waals surface area contributed by atoms with Crippen LogP contribution in [0.5, 0.6) is 0 Å². The SMILES string of the molecule is O=c1[nH]c(=O)n([C@H]2CC(O)[C@@H](CO)O2)cc1COCC=Cc1ccccc1. The van der Waals surface area contributed by atoms with E-state index in [0.29, 0.717) is 6.61 Å². The standard InChI is InChI=1S/C19H22N2O6/c22-11-16-15(23)9-17(27-16)21-10-14(18(24)20-19(21)25)12-26-8-4-7-13-5-2-1-3-6-13/h1-7,10,15-17,22-23H,8-9,11-12H2,(H,20,24,25)/t15?,16-,17-/m1/s1. The Bertz CT molecular complexity index is 889. The summed E-state index contributed by atoms with van der Waals surface area (Å²) in [7, 11) is 0. The minimum atomic E-state index is -0.873. The van der Waals surface area contributed by atoms with Crippen molar-refractivity contribution in [3.63, 3.8) is 0 Å². The van der Waals surface area contributed by atoms with Crippen LogP contribution in [0.4, 0.5) is 0 Å². The zero-order chi connectivity index (χ0) is 19.2. The van der Waals surface area contributed by atoms with Gasteiger partial charge in [0.05, 0.1) is 31.5 Å². The molecule has 0 radical (unpaired) electrons. The second kappa shape index (κ2) is 8.92. The first-order chi connectivity index (χ1) is 13.1. The number of aromatic nitrogens is 2. The average Bonchev–Trinajstić information content (AvgIpc) is 3.04. The normalized spacial score (nSPS) is 22.5. The number of hydrogen-bond donors (Lipinski definition) is 3. The number of nitrogens with one attached hydrogen (secondary N) is 1. The number of aliphatic hydroxyl groups excluding tert-OH is 2. The van der Waals surface area contributed by atoms with Crippen molar-refractivity contribution in [1.82, 2.24) is 9.55 Å². The molecular formula is C19H22N2O6. The zero-order valence-corrected chi connectivity index (χ0v) is 14.7. The molecule has 144 valence electrons. The van der Waals surface area contributed by atoms with E-state index in [9.17, 15) is 14.7 Å². The number of H-pyrrole nitrogens is 1. The van der Waals surface area contributed by atoms with Crippen molar-refractivity contribution in [2.24, 2.45) is 0 Å². The van der Waals surface area contributed by atoms with Crippen LogP contribution in [-0.2, 0) is 16.1 Å². The summed E-state index contributed by atoms with van der Waals surface area (Å²) >= 11 is 0. The Morgan fingerprint density at radius 3 is 2.78 bits per heavy atom. The van der Waals surface area contributed by atoms with Crippen molar-refractivity contribution in [3.05, 3.63) is 74.6 Å². The van der Waals surface area contributed by atoms with E-state index in [2.05, 4.69) is 4.98 Å². The Hall–Kier alpha value is -2.52. The first-order valence-corrected chi connectivity index (χ1v) is 8.66. The molecule has 1 fully saturated rings. The van der Waals surface area contributed by atoms with Gasteiger partial charge in [0.25, 0.3) is 5.56 Å². The minimum absolute atomic E-state index is 0.0213. The maximum atomic E-state index is 12.0. The lowest BCUT2D eigenvalue weighted by molar-refractivity contribution is -0.0461. The van der Waals surface area contributed by atoms with E-state index >= 15 is 0 Å². The van der Waals surface area contributed by atoms with Crippen molar-refractivity contribution in [2.45, 2.75) is 31.5 Å². The Morgan fingerprint density at radius 2 is 2.07 bits per heavy atom. The lowest BCUT2D eigenvalue weighted by atomic mass is 10.2. The third-order valence-electron chi connectivity index (χ3n) is 4.32. The molecule has 3 N–H and O–H groups in total. The van der Waals surface area contributed by atoms with Crippen molar-refractivity contribution < 1.29 is 19.7 Å². The predicted molar refractivity (Wildman–Crippen MR) is 98.1 cm³/mol. The predicted octanol–water partition coefficient (Wildman–Crippen LogP) is 0.407. The molecule has 2 heterocycles. The van der Waals surface area contributed by atoms with Crippen LogP contribution in [0.2, 0.25) is 0 Å². The van der Waals surface area contributed by atoms with E-state index < -0.39 is 29.7 Å². The molecule has 1 aliphatic heterocycles. The first-order valence-electron chi connectivity index (χ1n) is 8.66. The third-order valence-corrected chi connectivity index (χ3v) is 4.32. The van der Waals surface area contributed by atoms with E-state index in [4.69, 9.17) is 14.6 Å². The molecule has 8 nitrogen and oxygen atoms in total. The second-order valence-corrected chi connectivity index (χ2v) is 6.26. The number of aromatic amines is 1. The highest BCUT2D eigenvalue weighted by Crippen LogP contribution is 2.27. The second-order valence-electron chi connectivity index (χ2n) is 6.26. The summed E-state index contributed by atoms with van der Waals surface area (Å²) < 4.78 is 12.2. The Kier molecular flexibility index (Phi) is 6.36. The monoisotopic (exact) mass is 374 g/mol. The largest absolute Gasteiger partial charge is 0.394 e. The van der Waals surface area contributed by atoms with Gasteiger partial charge in [0.2, 0.25) is 0 Å². The molecular weight excluding hydrogens is 352 g/mol. The first kappa shape index (κ1) is 19.2. The van der Waals surface area contributed by atoms with Crippen molar-refractivity contribution in [3.8, 4) is 0 Å². The third kappa shape index (κ3) is 4.81. The van der Waals surface area contributed by atoms with Crippen LogP contribution in [-0.4, -0.2) is 45.2 Å². The number of benzene rings is 1. The van der Waals surface area contributed by atoms with Gasteiger partial charge in [-0.15, -0.1) is 0 Å². The quantitative estimate of drug-likeness (QED) is 0.605. The molecule has 0 aliphatic carbocycles. The van der Waals surface area contributed by atoms with E-state index in [1.54, 1.807) is 0 Å². The Labute approximate surface area is 155 Å². The summed E-state index contributed by atoms with van der Waals surface area (Å²) in [5.41, 5.74) is 0.153. The highest BCUT2D eigenvalue weighted by Gasteiger charge is 2.35. The van der Waals surface area contributed by atoms with Gasteiger partial charge < -0.3 is 19.7 Å². The minimum Gasteiger partial charge on any atom is -0.394 e. The van der Waals surface area contributed by atoms with Gasteiger partial charge in [-0.25, -0.2) is 4.79 Å². The maximum absolute atomic E-state index is 12.0. The van der Waals surface area contributed by atoms with Crippen LogP contribution < -0.4 is 11.2 Å². The van der Waals surface area contributed by atoms with Crippen LogP contribution in [0, 0.1) is 0 Å². The van der Waals surface area contributed by atoms with Crippen LogP contribution in [0.25, 0.3) is 6.08 Å². The molecule has 1 aliphatic rings. The van der Waals surface area contributed by atoms with Gasteiger partial charge >= 0.3 is 5.69 Å². The molecule has 1 aromatic carbocycles. The Balaban J connectivity index is 1.63. The van der Waals surface area contributed by atoms with Crippen LogP contribution >= 0.6 is 0 Å². The highest BCUT2D eigenvalue weighted by atomic mass is 16.5. The van der Waals surface area contributed by atoms with Crippen molar-refractivity contribution >= 4 is 6.08 Å². The maximum Gasteiger partial charge on any atom is 0.330 e. The van der Waals surface area contributed by atoms with Gasteiger partial charge in [-0.2, -0.15) is 0 Å². The van der Waals surface area contributed by atoms with Gasteiger partial charge in [0, 0.05) is 12.6 Å². The Morgan fingerprint density at radius 1 is 1.30 bits per heavy atom. The van der Waals surface area contributed by atoms with Crippen LogP contribution in [0.15, 0.2) is 52.2 Å². The fraction of sp³-hybridized carbons (Fsp3) is 0.368. The van der Waals surface area contributed by atoms with Gasteiger partial charge in [-0.1, -0.05) is 42.5 Å². The lowest BCUT2D eigenvalue weighted by Crippen LogP contribution is -2.34. The average molecular weight is 374 g/mol. The summed E-state index contributed by atoms with van der Waals surface area (Å²) in [5, 5.41) is 19.0. The molecule has 3 atom stereocenters. The zero-order valence-electron chi connectivity index (χ0n) is 14.7. The van der Waals surface area contributed by atoms with Gasteiger partial charge in [0.15, 0.2) is 0 Å². The molecule has 0 spiro atoms. The lowest BCUT2D eigenvalue weighted by Gasteiger charge is -2.15. The topological polar surface area (TPSA) is 114 Å². The van der Waals surface area contributed by atoms with E-state index in [1.165, 1.54) is 10.8 Å². The van der Waals surface area contributed by atoms with Crippen LogP contribution in [0.1, 0.15) is 23.8 Å². The molecule has 1 saturated heterocycles. The molecule has 0 amide bonds. The van der Waals surface area contributed by atoms with E-state index in [1.807, 2.05) is 42.5 Å².